The molecule has 1 N–H and O–H groups in total. The van der Waals surface area contributed by atoms with Crippen molar-refractivity contribution >= 4 is 39.0 Å². The van der Waals surface area contributed by atoms with Gasteiger partial charge in [-0.25, -0.2) is 4.79 Å². The van der Waals surface area contributed by atoms with Crippen LogP contribution in [0.25, 0.3) is 10.1 Å². The molecule has 0 aliphatic rings. The second-order valence-corrected chi connectivity index (χ2v) is 6.23. The molecule has 3 aromatic rings. The Bertz CT molecular complexity index is 909. The molecule has 0 spiro atoms. The summed E-state index contributed by atoms with van der Waals surface area (Å²) in [4.78, 5) is 24.4. The number of para-hydroxylation sites is 2. The van der Waals surface area contributed by atoms with E-state index < -0.39 is 25.1 Å². The van der Waals surface area contributed by atoms with E-state index in [9.17, 15) is 18.4 Å². The van der Waals surface area contributed by atoms with Crippen LogP contribution < -0.4 is 10.1 Å². The lowest BCUT2D eigenvalue weighted by molar-refractivity contribution is -0.119. The Kier molecular flexibility index (Phi) is 5.43. The molecule has 26 heavy (non-hydrogen) atoms. The lowest BCUT2D eigenvalue weighted by atomic mass is 10.2. The van der Waals surface area contributed by atoms with Gasteiger partial charge in [-0.2, -0.15) is 8.78 Å². The largest absolute Gasteiger partial charge is 0.451 e. The lowest BCUT2D eigenvalue weighted by Gasteiger charge is -2.11. The van der Waals surface area contributed by atoms with Gasteiger partial charge < -0.3 is 14.8 Å². The summed E-state index contributed by atoms with van der Waals surface area (Å²) in [7, 11) is 0. The Hall–Kier alpha value is -3.00. The molecule has 1 amide bonds. The van der Waals surface area contributed by atoms with Crippen LogP contribution in [-0.2, 0) is 9.53 Å². The molecule has 1 heterocycles. The Morgan fingerprint density at radius 2 is 1.81 bits per heavy atom. The molecule has 0 radical (unpaired) electrons. The van der Waals surface area contributed by atoms with Crippen molar-refractivity contribution in [1.82, 2.24) is 0 Å². The smallest absolute Gasteiger partial charge is 0.387 e. The van der Waals surface area contributed by atoms with E-state index in [1.165, 1.54) is 29.5 Å². The normalized spacial score (nSPS) is 10.7. The highest BCUT2D eigenvalue weighted by molar-refractivity contribution is 7.20. The zero-order valence-corrected chi connectivity index (χ0v) is 14.1. The number of thiophene rings is 1. The Balaban J connectivity index is 1.59. The number of fused-ring (bicyclic) bond motifs is 1. The lowest BCUT2D eigenvalue weighted by Crippen LogP contribution is -2.21. The van der Waals surface area contributed by atoms with E-state index in [-0.39, 0.29) is 11.4 Å². The highest BCUT2D eigenvalue weighted by Gasteiger charge is 2.15. The first-order chi connectivity index (χ1) is 12.5. The summed E-state index contributed by atoms with van der Waals surface area (Å²) in [6.07, 6.45) is 0. The van der Waals surface area contributed by atoms with Crippen LogP contribution in [0, 0.1) is 0 Å². The third-order valence-corrected chi connectivity index (χ3v) is 4.43. The average molecular weight is 377 g/mol. The van der Waals surface area contributed by atoms with Crippen molar-refractivity contribution in [3.63, 3.8) is 0 Å². The predicted octanol–water partition coefficient (Wildman–Crippen LogP) is 4.30. The van der Waals surface area contributed by atoms with Gasteiger partial charge in [0, 0.05) is 4.70 Å². The van der Waals surface area contributed by atoms with Crippen molar-refractivity contribution in [2.75, 3.05) is 11.9 Å². The molecule has 0 saturated carbocycles. The maximum Gasteiger partial charge on any atom is 0.387 e. The highest BCUT2D eigenvalue weighted by Crippen LogP contribution is 2.26. The number of carbonyl (C=O) groups is 2. The number of esters is 1. The summed E-state index contributed by atoms with van der Waals surface area (Å²) in [6.45, 7) is -3.56. The molecular weight excluding hydrogens is 364 g/mol. The van der Waals surface area contributed by atoms with Crippen molar-refractivity contribution in [2.45, 2.75) is 6.61 Å². The van der Waals surface area contributed by atoms with Crippen LogP contribution in [0.15, 0.2) is 54.6 Å². The summed E-state index contributed by atoms with van der Waals surface area (Å²) in [6, 6.07) is 14.9. The first-order valence-corrected chi connectivity index (χ1v) is 8.34. The number of ether oxygens (including phenoxy) is 2. The van der Waals surface area contributed by atoms with E-state index in [1.54, 1.807) is 12.1 Å². The number of anilines is 1. The van der Waals surface area contributed by atoms with Gasteiger partial charge >= 0.3 is 12.6 Å². The highest BCUT2D eigenvalue weighted by atomic mass is 32.1. The van der Waals surface area contributed by atoms with Crippen LogP contribution >= 0.6 is 11.3 Å². The summed E-state index contributed by atoms with van der Waals surface area (Å²) in [5.41, 5.74) is 0.0655. The SMILES string of the molecule is O=C(COC(=O)c1cc2ccccc2s1)Nc1ccccc1OC(F)F. The number of benzene rings is 2. The maximum atomic E-state index is 12.4. The van der Waals surface area contributed by atoms with Gasteiger partial charge in [0.05, 0.1) is 5.69 Å². The summed E-state index contributed by atoms with van der Waals surface area (Å²) < 4.78 is 35.0. The van der Waals surface area contributed by atoms with Gasteiger partial charge in [0.25, 0.3) is 5.91 Å². The van der Waals surface area contributed by atoms with E-state index >= 15 is 0 Å². The standard InChI is InChI=1S/C18H13F2NO4S/c19-18(20)25-13-7-3-2-6-12(13)21-16(22)10-24-17(23)15-9-11-5-1-4-8-14(11)26-15/h1-9,18H,10H2,(H,21,22). The van der Waals surface area contributed by atoms with Crippen LogP contribution in [-0.4, -0.2) is 25.1 Å². The van der Waals surface area contributed by atoms with Gasteiger partial charge in [0.2, 0.25) is 0 Å². The number of hydrogen-bond donors (Lipinski definition) is 1. The Labute approximate surface area is 151 Å². The first-order valence-electron chi connectivity index (χ1n) is 7.52. The molecule has 134 valence electrons. The van der Waals surface area contributed by atoms with Crippen molar-refractivity contribution in [3.8, 4) is 5.75 Å². The number of amides is 1. The predicted molar refractivity (Wildman–Crippen MR) is 93.8 cm³/mol. The van der Waals surface area contributed by atoms with Crippen molar-refractivity contribution in [3.05, 3.63) is 59.5 Å². The maximum absolute atomic E-state index is 12.4. The zero-order valence-electron chi connectivity index (χ0n) is 13.3. The molecular formula is C18H13F2NO4S. The molecule has 0 aliphatic carbocycles. The summed E-state index contributed by atoms with van der Waals surface area (Å²) >= 11 is 1.26. The molecule has 2 aromatic carbocycles. The Morgan fingerprint density at radius 3 is 2.58 bits per heavy atom. The number of nitrogens with one attached hydrogen (secondary N) is 1. The van der Waals surface area contributed by atoms with Gasteiger partial charge in [0.1, 0.15) is 10.6 Å². The van der Waals surface area contributed by atoms with E-state index in [2.05, 4.69) is 10.1 Å². The van der Waals surface area contributed by atoms with Crippen molar-refractivity contribution < 1.29 is 27.8 Å². The molecule has 0 aliphatic heterocycles. The molecule has 0 bridgehead atoms. The third-order valence-electron chi connectivity index (χ3n) is 3.34. The fourth-order valence-electron chi connectivity index (χ4n) is 2.24. The van der Waals surface area contributed by atoms with Crippen LogP contribution in [0.5, 0.6) is 5.75 Å². The molecule has 0 unspecified atom stereocenters. The fourth-order valence-corrected chi connectivity index (χ4v) is 3.20. The number of alkyl halides is 2. The second kappa shape index (κ2) is 7.92. The van der Waals surface area contributed by atoms with Crippen molar-refractivity contribution in [1.29, 1.82) is 0 Å². The average Bonchev–Trinajstić information content (AvgIpc) is 3.05. The minimum Gasteiger partial charge on any atom is -0.451 e. The summed E-state index contributed by atoms with van der Waals surface area (Å²) in [5.74, 6) is -1.46. The monoisotopic (exact) mass is 377 g/mol. The molecule has 0 atom stereocenters. The second-order valence-electron chi connectivity index (χ2n) is 5.15. The van der Waals surface area contributed by atoms with Gasteiger partial charge in [-0.05, 0) is 29.7 Å². The summed E-state index contributed by atoms with van der Waals surface area (Å²) in [5, 5.41) is 3.29. The quantitative estimate of drug-likeness (QED) is 0.651. The van der Waals surface area contributed by atoms with E-state index in [1.807, 2.05) is 24.3 Å². The molecule has 0 saturated heterocycles. The van der Waals surface area contributed by atoms with E-state index in [0.29, 0.717) is 4.88 Å². The molecule has 0 fully saturated rings. The molecule has 5 nitrogen and oxygen atoms in total. The van der Waals surface area contributed by atoms with Crippen molar-refractivity contribution in [2.24, 2.45) is 0 Å². The van der Waals surface area contributed by atoms with Crippen LogP contribution in [0.2, 0.25) is 0 Å². The number of rotatable bonds is 6. The van der Waals surface area contributed by atoms with Crippen LogP contribution in [0.3, 0.4) is 0 Å². The van der Waals surface area contributed by atoms with Crippen LogP contribution in [0.1, 0.15) is 9.67 Å². The first kappa shape index (κ1) is 17.8. The van der Waals surface area contributed by atoms with Gasteiger partial charge in [-0.15, -0.1) is 11.3 Å². The van der Waals surface area contributed by atoms with Crippen LogP contribution in [0.4, 0.5) is 14.5 Å². The van der Waals surface area contributed by atoms with E-state index in [4.69, 9.17) is 4.74 Å². The van der Waals surface area contributed by atoms with Gasteiger partial charge in [-0.3, -0.25) is 4.79 Å². The third kappa shape index (κ3) is 4.34. The molecule has 3 rings (SSSR count). The van der Waals surface area contributed by atoms with Gasteiger partial charge in [0.15, 0.2) is 6.61 Å². The zero-order chi connectivity index (χ0) is 18.5. The number of hydrogen-bond acceptors (Lipinski definition) is 5. The molecule has 8 heteroatoms. The Morgan fingerprint density at radius 1 is 1.08 bits per heavy atom. The van der Waals surface area contributed by atoms with E-state index in [0.717, 1.165) is 10.1 Å². The minimum absolute atomic E-state index is 0.0655. The fraction of sp³-hybridized carbons (Fsp3) is 0.111. The number of halogens is 2. The minimum atomic E-state index is -3.01. The topological polar surface area (TPSA) is 64.6 Å². The van der Waals surface area contributed by atoms with Gasteiger partial charge in [-0.1, -0.05) is 30.3 Å². The molecule has 1 aromatic heterocycles. The number of carbonyl (C=O) groups excluding carboxylic acids is 2.